The third-order valence-electron chi connectivity index (χ3n) is 2.98. The van der Waals surface area contributed by atoms with Crippen molar-refractivity contribution in [1.29, 1.82) is 0 Å². The van der Waals surface area contributed by atoms with Gasteiger partial charge < -0.3 is 5.32 Å². The predicted molar refractivity (Wildman–Crippen MR) is 47.0 cm³/mol. The minimum Gasteiger partial charge on any atom is -0.315 e. The first-order valence-corrected chi connectivity index (χ1v) is 4.97. The lowest BCUT2D eigenvalue weighted by Gasteiger charge is -2.33. The number of piperidine rings is 1. The summed E-state index contributed by atoms with van der Waals surface area (Å²) in [5.41, 5.74) is 0. The fourth-order valence-electron chi connectivity index (χ4n) is 2.24. The lowest BCUT2D eigenvalue weighted by Crippen LogP contribution is -2.51. The van der Waals surface area contributed by atoms with Crippen LogP contribution in [0.5, 0.6) is 0 Å². The fourth-order valence-corrected chi connectivity index (χ4v) is 2.24. The van der Waals surface area contributed by atoms with Gasteiger partial charge in [0, 0.05) is 6.54 Å². The number of alkyl halides is 1. The molecule has 0 amide bonds. The molecule has 2 heterocycles. The molecule has 2 saturated heterocycles. The summed E-state index contributed by atoms with van der Waals surface area (Å²) in [7, 11) is 0. The first kappa shape index (κ1) is 8.45. The van der Waals surface area contributed by atoms with E-state index in [1.165, 1.54) is 12.8 Å². The summed E-state index contributed by atoms with van der Waals surface area (Å²) in [6.07, 6.45) is 2.61. The van der Waals surface area contributed by atoms with Gasteiger partial charge in [0.1, 0.15) is 6.17 Å². The van der Waals surface area contributed by atoms with Crippen molar-refractivity contribution in [2.24, 2.45) is 0 Å². The maximum absolute atomic E-state index is 13.4. The molecule has 2 aliphatic rings. The molecule has 2 nitrogen and oxygen atoms in total. The molecule has 0 bridgehead atoms. The molecule has 0 unspecified atom stereocenters. The largest absolute Gasteiger partial charge is 0.315 e. The number of nitrogens with zero attached hydrogens (tertiary/aromatic N) is 1. The maximum Gasteiger partial charge on any atom is 0.118 e. The van der Waals surface area contributed by atoms with Crippen molar-refractivity contribution in [3.63, 3.8) is 0 Å². The summed E-state index contributed by atoms with van der Waals surface area (Å²) in [5, 5.41) is 3.26. The molecule has 3 heteroatoms. The van der Waals surface area contributed by atoms with Crippen molar-refractivity contribution >= 4 is 0 Å². The summed E-state index contributed by atoms with van der Waals surface area (Å²) in [5.74, 6) is 0. The van der Waals surface area contributed by atoms with Gasteiger partial charge in [0.05, 0.1) is 6.04 Å². The highest BCUT2D eigenvalue weighted by Crippen LogP contribution is 2.19. The van der Waals surface area contributed by atoms with Crippen LogP contribution in [0.3, 0.4) is 0 Å². The van der Waals surface area contributed by atoms with Crippen molar-refractivity contribution in [3.8, 4) is 0 Å². The van der Waals surface area contributed by atoms with E-state index in [4.69, 9.17) is 0 Å². The maximum atomic E-state index is 13.4. The minimum atomic E-state index is -0.593. The van der Waals surface area contributed by atoms with E-state index in [0.29, 0.717) is 6.42 Å². The highest BCUT2D eigenvalue weighted by molar-refractivity contribution is 4.87. The topological polar surface area (TPSA) is 15.3 Å². The van der Waals surface area contributed by atoms with Crippen molar-refractivity contribution in [1.82, 2.24) is 10.2 Å². The zero-order valence-corrected chi connectivity index (χ0v) is 7.43. The number of rotatable bonds is 1. The normalized spacial score (nSPS) is 38.8. The standard InChI is InChI=1S/C9H17FN2/c10-8-3-4-11-7-9(8)12-5-1-2-6-12/h8-9,11H,1-7H2/t8-,9+/m1/s1. The third-order valence-corrected chi connectivity index (χ3v) is 2.98. The molecule has 0 spiro atoms. The summed E-state index contributed by atoms with van der Waals surface area (Å²) in [6, 6.07) is 0.168. The summed E-state index contributed by atoms with van der Waals surface area (Å²) in [4.78, 5) is 2.30. The molecule has 0 aromatic heterocycles. The first-order valence-electron chi connectivity index (χ1n) is 4.97. The van der Waals surface area contributed by atoms with Gasteiger partial charge in [-0.2, -0.15) is 0 Å². The third kappa shape index (κ3) is 1.62. The van der Waals surface area contributed by atoms with Crippen molar-refractivity contribution in [3.05, 3.63) is 0 Å². The Morgan fingerprint density at radius 1 is 1.25 bits per heavy atom. The minimum absolute atomic E-state index is 0.168. The van der Waals surface area contributed by atoms with Gasteiger partial charge in [0.2, 0.25) is 0 Å². The van der Waals surface area contributed by atoms with Crippen LogP contribution in [0.4, 0.5) is 4.39 Å². The van der Waals surface area contributed by atoms with E-state index in [2.05, 4.69) is 10.2 Å². The van der Waals surface area contributed by atoms with Crippen LogP contribution in [0.25, 0.3) is 0 Å². The molecule has 2 fully saturated rings. The molecule has 12 heavy (non-hydrogen) atoms. The number of hydrogen-bond acceptors (Lipinski definition) is 2. The van der Waals surface area contributed by atoms with E-state index in [0.717, 1.165) is 26.2 Å². The summed E-state index contributed by atoms with van der Waals surface area (Å²) in [6.45, 7) is 3.91. The molecule has 0 aliphatic carbocycles. The van der Waals surface area contributed by atoms with Crippen molar-refractivity contribution < 1.29 is 4.39 Å². The fraction of sp³-hybridized carbons (Fsp3) is 1.00. The lowest BCUT2D eigenvalue weighted by atomic mass is 10.0. The Hall–Kier alpha value is -0.150. The van der Waals surface area contributed by atoms with Gasteiger partial charge in [0.25, 0.3) is 0 Å². The van der Waals surface area contributed by atoms with Gasteiger partial charge in [0.15, 0.2) is 0 Å². The van der Waals surface area contributed by atoms with Gasteiger partial charge in [-0.25, -0.2) is 4.39 Å². The molecular formula is C9H17FN2. The Bertz CT molecular complexity index is 145. The second-order valence-electron chi connectivity index (χ2n) is 3.82. The molecule has 0 aromatic rings. The Morgan fingerprint density at radius 3 is 2.67 bits per heavy atom. The number of likely N-dealkylation sites (tertiary alicyclic amines) is 1. The molecule has 1 N–H and O–H groups in total. The first-order chi connectivity index (χ1) is 5.88. The van der Waals surface area contributed by atoms with Gasteiger partial charge in [-0.1, -0.05) is 0 Å². The van der Waals surface area contributed by atoms with Crippen LogP contribution in [-0.2, 0) is 0 Å². The molecule has 2 rings (SSSR count). The summed E-state index contributed by atoms with van der Waals surface area (Å²) >= 11 is 0. The second kappa shape index (κ2) is 3.71. The SMILES string of the molecule is F[C@@H]1CCNC[C@@H]1N1CCCC1. The van der Waals surface area contributed by atoms with E-state index in [-0.39, 0.29) is 6.04 Å². The Balaban J connectivity index is 1.91. The van der Waals surface area contributed by atoms with Gasteiger partial charge in [-0.3, -0.25) is 4.90 Å². The van der Waals surface area contributed by atoms with Crippen LogP contribution in [0.1, 0.15) is 19.3 Å². The molecule has 70 valence electrons. The average molecular weight is 172 g/mol. The molecule has 0 aromatic carbocycles. The van der Waals surface area contributed by atoms with E-state index >= 15 is 0 Å². The smallest absolute Gasteiger partial charge is 0.118 e. The van der Waals surface area contributed by atoms with Crippen LogP contribution >= 0.6 is 0 Å². The molecule has 0 saturated carbocycles. The van der Waals surface area contributed by atoms with E-state index in [1.54, 1.807) is 0 Å². The lowest BCUT2D eigenvalue weighted by molar-refractivity contribution is 0.105. The Kier molecular flexibility index (Phi) is 2.61. The predicted octanol–water partition coefficient (Wildman–Crippen LogP) is 0.782. The van der Waals surface area contributed by atoms with Crippen LogP contribution in [0.15, 0.2) is 0 Å². The van der Waals surface area contributed by atoms with Crippen LogP contribution in [0.2, 0.25) is 0 Å². The molecule has 2 aliphatic heterocycles. The van der Waals surface area contributed by atoms with Gasteiger partial charge in [-0.15, -0.1) is 0 Å². The van der Waals surface area contributed by atoms with E-state index in [1.807, 2.05) is 0 Å². The molecule has 0 radical (unpaired) electrons. The van der Waals surface area contributed by atoms with Crippen molar-refractivity contribution in [2.45, 2.75) is 31.5 Å². The van der Waals surface area contributed by atoms with Crippen molar-refractivity contribution in [2.75, 3.05) is 26.2 Å². The second-order valence-corrected chi connectivity index (χ2v) is 3.82. The highest BCUT2D eigenvalue weighted by Gasteiger charge is 2.31. The zero-order valence-electron chi connectivity index (χ0n) is 7.43. The number of halogens is 1. The number of hydrogen-bond donors (Lipinski definition) is 1. The summed E-state index contributed by atoms with van der Waals surface area (Å²) < 4.78 is 13.4. The monoisotopic (exact) mass is 172 g/mol. The Morgan fingerprint density at radius 2 is 2.00 bits per heavy atom. The van der Waals surface area contributed by atoms with Crippen LogP contribution in [0, 0.1) is 0 Å². The zero-order chi connectivity index (χ0) is 8.39. The molecule has 2 atom stereocenters. The van der Waals surface area contributed by atoms with Crippen LogP contribution < -0.4 is 5.32 Å². The quantitative estimate of drug-likeness (QED) is 0.629. The van der Waals surface area contributed by atoms with E-state index in [9.17, 15) is 4.39 Å². The van der Waals surface area contributed by atoms with Gasteiger partial charge >= 0.3 is 0 Å². The van der Waals surface area contributed by atoms with Gasteiger partial charge in [-0.05, 0) is 38.9 Å². The average Bonchev–Trinajstić information content (AvgIpc) is 2.57. The van der Waals surface area contributed by atoms with Crippen LogP contribution in [-0.4, -0.2) is 43.3 Å². The molecular weight excluding hydrogens is 155 g/mol. The van der Waals surface area contributed by atoms with E-state index < -0.39 is 6.17 Å². The number of nitrogens with one attached hydrogen (secondary N) is 1. The Labute approximate surface area is 73.1 Å². The highest BCUT2D eigenvalue weighted by atomic mass is 19.1.